The summed E-state index contributed by atoms with van der Waals surface area (Å²) in [5, 5.41) is 9.32. The number of carboxylic acids is 1. The number of unbranched alkanes of at least 4 members (excludes halogenated alkanes) is 2. The fourth-order valence-corrected chi connectivity index (χ4v) is 4.11. The van der Waals surface area contributed by atoms with Gasteiger partial charge in [0.25, 0.3) is 0 Å². The SMILES string of the molecule is CCCCCSCCOc1ccc(C(=O)C=Cc2cc(C)c(OC(C)(C)C(=O)O)c(C)c2)cc1. The minimum Gasteiger partial charge on any atom is -0.493 e. The van der Waals surface area contributed by atoms with Gasteiger partial charge in [-0.1, -0.05) is 25.8 Å². The maximum atomic E-state index is 12.6. The molecule has 2 aromatic rings. The predicted octanol–water partition coefficient (Wildman–Crippen LogP) is 6.74. The van der Waals surface area contributed by atoms with Gasteiger partial charge in [0.15, 0.2) is 11.4 Å². The molecule has 0 saturated carbocycles. The van der Waals surface area contributed by atoms with Gasteiger partial charge in [0.2, 0.25) is 0 Å². The lowest BCUT2D eigenvalue weighted by molar-refractivity contribution is -0.152. The van der Waals surface area contributed by atoms with E-state index in [0.717, 1.165) is 28.2 Å². The molecule has 0 amide bonds. The third-order valence-corrected chi connectivity index (χ3v) is 6.34. The molecule has 0 saturated heterocycles. The van der Waals surface area contributed by atoms with E-state index >= 15 is 0 Å². The number of ketones is 1. The second-order valence-corrected chi connectivity index (χ2v) is 10.0. The summed E-state index contributed by atoms with van der Waals surface area (Å²) in [6, 6.07) is 11.0. The topological polar surface area (TPSA) is 72.8 Å². The standard InChI is InChI=1S/C28H36O5S/c1-6-7-8-16-34-17-15-32-24-12-10-23(11-13-24)25(29)14-9-22-18-20(2)26(21(3)19-22)33-28(4,5)27(30)31/h9-14,18-19H,6-8,15-17H2,1-5H3,(H,30,31). The van der Waals surface area contributed by atoms with Gasteiger partial charge in [0.1, 0.15) is 11.5 Å². The van der Waals surface area contributed by atoms with Gasteiger partial charge in [-0.15, -0.1) is 0 Å². The van der Waals surface area contributed by atoms with E-state index in [4.69, 9.17) is 9.47 Å². The van der Waals surface area contributed by atoms with E-state index in [2.05, 4.69) is 6.92 Å². The summed E-state index contributed by atoms with van der Waals surface area (Å²) in [6.07, 6.45) is 7.08. The Morgan fingerprint density at radius 3 is 2.26 bits per heavy atom. The van der Waals surface area contributed by atoms with Gasteiger partial charge in [-0.3, -0.25) is 4.79 Å². The monoisotopic (exact) mass is 484 g/mol. The number of aliphatic carboxylic acids is 1. The zero-order valence-electron chi connectivity index (χ0n) is 20.8. The molecule has 0 heterocycles. The number of allylic oxidation sites excluding steroid dienone is 1. The molecule has 0 radical (unpaired) electrons. The van der Waals surface area contributed by atoms with Crippen LogP contribution in [0.25, 0.3) is 6.08 Å². The molecule has 34 heavy (non-hydrogen) atoms. The Morgan fingerprint density at radius 1 is 1.03 bits per heavy atom. The summed E-state index contributed by atoms with van der Waals surface area (Å²) in [4.78, 5) is 24.0. The van der Waals surface area contributed by atoms with E-state index in [9.17, 15) is 14.7 Å². The van der Waals surface area contributed by atoms with Crippen molar-refractivity contribution in [2.24, 2.45) is 0 Å². The Morgan fingerprint density at radius 2 is 1.68 bits per heavy atom. The highest BCUT2D eigenvalue weighted by molar-refractivity contribution is 7.99. The fourth-order valence-electron chi connectivity index (χ4n) is 3.30. The van der Waals surface area contributed by atoms with E-state index in [1.807, 2.05) is 49.9 Å². The van der Waals surface area contributed by atoms with Crippen LogP contribution in [0.15, 0.2) is 42.5 Å². The number of carbonyl (C=O) groups is 2. The molecule has 0 aliphatic heterocycles. The van der Waals surface area contributed by atoms with Crippen LogP contribution in [0.4, 0.5) is 0 Å². The number of ether oxygens (including phenoxy) is 2. The molecule has 0 fully saturated rings. The van der Waals surface area contributed by atoms with Crippen molar-refractivity contribution in [2.75, 3.05) is 18.1 Å². The van der Waals surface area contributed by atoms with Crippen molar-refractivity contribution in [3.63, 3.8) is 0 Å². The Balaban J connectivity index is 1.93. The molecule has 0 spiro atoms. The van der Waals surface area contributed by atoms with Crippen LogP contribution in [0.5, 0.6) is 11.5 Å². The number of hydrogen-bond donors (Lipinski definition) is 1. The smallest absolute Gasteiger partial charge is 0.347 e. The van der Waals surface area contributed by atoms with E-state index < -0.39 is 11.6 Å². The van der Waals surface area contributed by atoms with Gasteiger partial charge in [0, 0.05) is 11.3 Å². The first-order chi connectivity index (χ1) is 16.1. The minimum absolute atomic E-state index is 0.0966. The number of rotatable bonds is 14. The fraction of sp³-hybridized carbons (Fsp3) is 0.429. The largest absolute Gasteiger partial charge is 0.493 e. The van der Waals surface area contributed by atoms with E-state index in [1.165, 1.54) is 38.9 Å². The van der Waals surface area contributed by atoms with Gasteiger partial charge < -0.3 is 14.6 Å². The van der Waals surface area contributed by atoms with Gasteiger partial charge >= 0.3 is 5.97 Å². The maximum absolute atomic E-state index is 12.6. The molecule has 0 aliphatic rings. The van der Waals surface area contributed by atoms with E-state index in [0.29, 0.717) is 17.9 Å². The highest BCUT2D eigenvalue weighted by Crippen LogP contribution is 2.29. The van der Waals surface area contributed by atoms with Crippen LogP contribution in [0, 0.1) is 13.8 Å². The van der Waals surface area contributed by atoms with Crippen molar-refractivity contribution in [2.45, 2.75) is 59.5 Å². The Bertz CT molecular complexity index is 969. The van der Waals surface area contributed by atoms with Crippen molar-refractivity contribution < 1.29 is 24.2 Å². The molecule has 2 rings (SSSR count). The Hall–Kier alpha value is -2.73. The van der Waals surface area contributed by atoms with Crippen molar-refractivity contribution in [1.29, 1.82) is 0 Å². The lowest BCUT2D eigenvalue weighted by Gasteiger charge is -2.24. The number of benzene rings is 2. The Kier molecular flexibility index (Phi) is 10.7. The van der Waals surface area contributed by atoms with Gasteiger partial charge in [0.05, 0.1) is 6.61 Å². The van der Waals surface area contributed by atoms with Crippen molar-refractivity contribution in [3.8, 4) is 11.5 Å². The van der Waals surface area contributed by atoms with Crippen molar-refractivity contribution in [1.82, 2.24) is 0 Å². The Labute approximate surface area is 207 Å². The van der Waals surface area contributed by atoms with Crippen LogP contribution in [0.1, 0.15) is 67.1 Å². The molecule has 184 valence electrons. The lowest BCUT2D eigenvalue weighted by Crippen LogP contribution is -2.38. The minimum atomic E-state index is -1.33. The van der Waals surface area contributed by atoms with Crippen LogP contribution in [0.3, 0.4) is 0 Å². The first kappa shape index (κ1) is 27.5. The summed E-state index contributed by atoms with van der Waals surface area (Å²) in [7, 11) is 0. The number of carbonyl (C=O) groups excluding carboxylic acids is 1. The maximum Gasteiger partial charge on any atom is 0.347 e. The average Bonchev–Trinajstić information content (AvgIpc) is 2.79. The highest BCUT2D eigenvalue weighted by atomic mass is 32.2. The summed E-state index contributed by atoms with van der Waals surface area (Å²) < 4.78 is 11.5. The summed E-state index contributed by atoms with van der Waals surface area (Å²) in [5.74, 6) is 2.32. The lowest BCUT2D eigenvalue weighted by atomic mass is 10.0. The summed E-state index contributed by atoms with van der Waals surface area (Å²) in [5.41, 5.74) is 1.74. The van der Waals surface area contributed by atoms with Gasteiger partial charge in [-0.25, -0.2) is 4.79 Å². The quantitative estimate of drug-likeness (QED) is 0.182. The number of aryl methyl sites for hydroxylation is 2. The molecular formula is C28H36O5S. The van der Waals surface area contributed by atoms with Gasteiger partial charge in [-0.05, 0) is 99.0 Å². The molecule has 5 nitrogen and oxygen atoms in total. The number of hydrogen-bond acceptors (Lipinski definition) is 5. The molecule has 0 unspecified atom stereocenters. The van der Waals surface area contributed by atoms with Crippen LogP contribution in [0.2, 0.25) is 0 Å². The number of thioether (sulfide) groups is 1. The van der Waals surface area contributed by atoms with Crippen molar-refractivity contribution in [3.05, 3.63) is 64.7 Å². The summed E-state index contributed by atoms with van der Waals surface area (Å²) >= 11 is 1.91. The first-order valence-corrected chi connectivity index (χ1v) is 12.9. The zero-order valence-corrected chi connectivity index (χ0v) is 21.7. The summed E-state index contributed by atoms with van der Waals surface area (Å²) in [6.45, 7) is 9.63. The molecule has 0 aliphatic carbocycles. The third-order valence-electron chi connectivity index (χ3n) is 5.31. The van der Waals surface area contributed by atoms with Crippen LogP contribution in [-0.4, -0.2) is 40.6 Å². The van der Waals surface area contributed by atoms with Crippen LogP contribution in [-0.2, 0) is 4.79 Å². The van der Waals surface area contributed by atoms with E-state index in [1.54, 1.807) is 24.3 Å². The molecular weight excluding hydrogens is 448 g/mol. The molecule has 0 bridgehead atoms. The van der Waals surface area contributed by atoms with E-state index in [-0.39, 0.29) is 5.78 Å². The van der Waals surface area contributed by atoms with Gasteiger partial charge in [-0.2, -0.15) is 11.8 Å². The average molecular weight is 485 g/mol. The highest BCUT2D eigenvalue weighted by Gasteiger charge is 2.30. The molecule has 0 atom stereocenters. The third kappa shape index (κ3) is 8.56. The molecule has 2 aromatic carbocycles. The predicted molar refractivity (Wildman–Crippen MR) is 140 cm³/mol. The molecule has 0 aromatic heterocycles. The van der Waals surface area contributed by atoms with Crippen LogP contribution >= 0.6 is 11.8 Å². The molecule has 1 N–H and O–H groups in total. The molecule has 6 heteroatoms. The van der Waals surface area contributed by atoms with Crippen LogP contribution < -0.4 is 9.47 Å². The zero-order chi connectivity index (χ0) is 25.1. The second-order valence-electron chi connectivity index (χ2n) is 8.79. The van der Waals surface area contributed by atoms with Crippen molar-refractivity contribution >= 4 is 29.6 Å². The first-order valence-electron chi connectivity index (χ1n) is 11.7. The number of carboxylic acid groups (broad SMARTS) is 1. The second kappa shape index (κ2) is 13.2. The normalized spacial score (nSPS) is 11.6.